The fourth-order valence-electron chi connectivity index (χ4n) is 4.51. The van der Waals surface area contributed by atoms with Crippen molar-refractivity contribution in [2.45, 2.75) is 70.0 Å². The molecule has 1 aliphatic heterocycles. The zero-order chi connectivity index (χ0) is 16.4. The summed E-state index contributed by atoms with van der Waals surface area (Å²) in [6.07, 6.45) is 15.5. The molecule has 1 saturated heterocycles. The van der Waals surface area contributed by atoms with Gasteiger partial charge in [0.2, 0.25) is 0 Å². The first-order chi connectivity index (χ1) is 11.8. The number of likely N-dealkylation sites (tertiary alicyclic amines) is 1. The number of aromatic nitrogens is 3. The normalized spacial score (nSPS) is 23.1. The van der Waals surface area contributed by atoms with Crippen molar-refractivity contribution in [1.82, 2.24) is 19.4 Å². The van der Waals surface area contributed by atoms with Gasteiger partial charge in [0.1, 0.15) is 0 Å². The van der Waals surface area contributed by atoms with Crippen molar-refractivity contribution in [2.75, 3.05) is 6.54 Å². The summed E-state index contributed by atoms with van der Waals surface area (Å²) in [6.45, 7) is 2.00. The predicted molar refractivity (Wildman–Crippen MR) is 95.0 cm³/mol. The highest BCUT2D eigenvalue weighted by Gasteiger charge is 2.30. The summed E-state index contributed by atoms with van der Waals surface area (Å²) in [4.78, 5) is 23.8. The molecule has 3 heterocycles. The SMILES string of the molecule is O=c1c2ccncc2ncn1CCC1CCCCN1C1CCCC1. The standard InChI is InChI=1S/C19H26N4O/c24-19-17-8-10-20-13-18(17)21-14-22(19)12-9-16-7-3-4-11-23(16)15-5-1-2-6-15/h8,10,13-16H,1-7,9,11-12H2. The molecule has 24 heavy (non-hydrogen) atoms. The first-order valence-electron chi connectivity index (χ1n) is 9.38. The minimum Gasteiger partial charge on any atom is -0.299 e. The molecule has 2 aliphatic rings. The molecule has 5 heteroatoms. The number of hydrogen-bond acceptors (Lipinski definition) is 4. The molecule has 2 aromatic heterocycles. The van der Waals surface area contributed by atoms with E-state index in [4.69, 9.17) is 0 Å². The van der Waals surface area contributed by atoms with Gasteiger partial charge in [0.05, 0.1) is 23.4 Å². The van der Waals surface area contributed by atoms with Gasteiger partial charge in [-0.2, -0.15) is 0 Å². The summed E-state index contributed by atoms with van der Waals surface area (Å²) in [6, 6.07) is 3.18. The topological polar surface area (TPSA) is 51.0 Å². The molecule has 0 amide bonds. The molecule has 1 saturated carbocycles. The lowest BCUT2D eigenvalue weighted by Gasteiger charge is -2.40. The number of piperidine rings is 1. The molecule has 5 nitrogen and oxygen atoms in total. The molecule has 1 atom stereocenters. The van der Waals surface area contributed by atoms with Gasteiger partial charge in [0, 0.05) is 24.8 Å². The van der Waals surface area contributed by atoms with E-state index < -0.39 is 0 Å². The van der Waals surface area contributed by atoms with Crippen molar-refractivity contribution in [3.8, 4) is 0 Å². The maximum Gasteiger partial charge on any atom is 0.261 e. The average molecular weight is 326 g/mol. The van der Waals surface area contributed by atoms with E-state index in [1.807, 2.05) is 0 Å². The van der Waals surface area contributed by atoms with Crippen molar-refractivity contribution in [2.24, 2.45) is 0 Å². The third-order valence-electron chi connectivity index (χ3n) is 5.80. The predicted octanol–water partition coefficient (Wildman–Crippen LogP) is 2.98. The minimum absolute atomic E-state index is 0.0608. The number of nitrogens with zero attached hydrogens (tertiary/aromatic N) is 4. The Kier molecular flexibility index (Phi) is 4.60. The van der Waals surface area contributed by atoms with Gasteiger partial charge in [0.15, 0.2) is 0 Å². The van der Waals surface area contributed by atoms with Crippen LogP contribution in [0, 0.1) is 0 Å². The van der Waals surface area contributed by atoms with Gasteiger partial charge in [-0.25, -0.2) is 4.98 Å². The smallest absolute Gasteiger partial charge is 0.261 e. The molecule has 128 valence electrons. The Morgan fingerprint density at radius 3 is 2.83 bits per heavy atom. The van der Waals surface area contributed by atoms with Crippen LogP contribution in [-0.2, 0) is 6.54 Å². The minimum atomic E-state index is 0.0608. The van der Waals surface area contributed by atoms with Crippen LogP contribution in [0.2, 0.25) is 0 Å². The van der Waals surface area contributed by atoms with Crippen molar-refractivity contribution >= 4 is 10.9 Å². The second-order valence-electron chi connectivity index (χ2n) is 7.25. The van der Waals surface area contributed by atoms with Crippen molar-refractivity contribution in [3.63, 3.8) is 0 Å². The van der Waals surface area contributed by atoms with E-state index in [-0.39, 0.29) is 5.56 Å². The van der Waals surface area contributed by atoms with Crippen LogP contribution in [0.5, 0.6) is 0 Å². The molecule has 4 rings (SSSR count). The maximum atomic E-state index is 12.6. The molecule has 0 bridgehead atoms. The molecule has 0 spiro atoms. The van der Waals surface area contributed by atoms with E-state index in [1.165, 1.54) is 51.5 Å². The van der Waals surface area contributed by atoms with Crippen molar-refractivity contribution in [3.05, 3.63) is 35.1 Å². The van der Waals surface area contributed by atoms with E-state index in [0.29, 0.717) is 16.9 Å². The Labute approximate surface area is 142 Å². The zero-order valence-corrected chi connectivity index (χ0v) is 14.2. The highest BCUT2D eigenvalue weighted by molar-refractivity contribution is 5.75. The highest BCUT2D eigenvalue weighted by Crippen LogP contribution is 2.30. The Morgan fingerprint density at radius 2 is 1.96 bits per heavy atom. The number of pyridine rings is 1. The fraction of sp³-hybridized carbons (Fsp3) is 0.632. The first kappa shape index (κ1) is 15.8. The summed E-state index contributed by atoms with van der Waals surface area (Å²) >= 11 is 0. The van der Waals surface area contributed by atoms with Gasteiger partial charge in [0.25, 0.3) is 5.56 Å². The van der Waals surface area contributed by atoms with Crippen molar-refractivity contribution in [1.29, 1.82) is 0 Å². The van der Waals surface area contributed by atoms with Gasteiger partial charge in [-0.3, -0.25) is 19.2 Å². The number of rotatable bonds is 4. The van der Waals surface area contributed by atoms with Crippen LogP contribution < -0.4 is 5.56 Å². The Bertz CT molecular complexity index is 750. The third kappa shape index (κ3) is 3.09. The van der Waals surface area contributed by atoms with Crippen LogP contribution in [-0.4, -0.2) is 38.1 Å². The molecule has 2 fully saturated rings. The number of fused-ring (bicyclic) bond motifs is 1. The van der Waals surface area contributed by atoms with Gasteiger partial charge in [-0.1, -0.05) is 19.3 Å². The van der Waals surface area contributed by atoms with Gasteiger partial charge in [-0.05, 0) is 44.7 Å². The van der Waals surface area contributed by atoms with Crippen LogP contribution in [0.15, 0.2) is 29.6 Å². The number of hydrogen-bond donors (Lipinski definition) is 0. The molecule has 0 N–H and O–H groups in total. The van der Waals surface area contributed by atoms with Crippen molar-refractivity contribution < 1.29 is 0 Å². The third-order valence-corrected chi connectivity index (χ3v) is 5.80. The lowest BCUT2D eigenvalue weighted by molar-refractivity contribution is 0.0880. The highest BCUT2D eigenvalue weighted by atomic mass is 16.1. The molecule has 2 aromatic rings. The molecular weight excluding hydrogens is 300 g/mol. The average Bonchev–Trinajstić information content (AvgIpc) is 3.16. The lowest BCUT2D eigenvalue weighted by Crippen LogP contribution is -2.45. The second-order valence-corrected chi connectivity index (χ2v) is 7.25. The van der Waals surface area contributed by atoms with E-state index in [2.05, 4.69) is 14.9 Å². The van der Waals surface area contributed by atoms with E-state index in [1.54, 1.807) is 29.4 Å². The maximum absolute atomic E-state index is 12.6. The van der Waals surface area contributed by atoms with E-state index in [0.717, 1.165) is 19.0 Å². The Hall–Kier alpha value is -1.75. The van der Waals surface area contributed by atoms with Gasteiger partial charge >= 0.3 is 0 Å². The van der Waals surface area contributed by atoms with Crippen LogP contribution in [0.3, 0.4) is 0 Å². The monoisotopic (exact) mass is 326 g/mol. The fourth-order valence-corrected chi connectivity index (χ4v) is 4.51. The second kappa shape index (κ2) is 7.01. The largest absolute Gasteiger partial charge is 0.299 e. The molecule has 1 unspecified atom stereocenters. The number of aryl methyl sites for hydroxylation is 1. The summed E-state index contributed by atoms with van der Waals surface area (Å²) in [7, 11) is 0. The Morgan fingerprint density at radius 1 is 1.12 bits per heavy atom. The van der Waals surface area contributed by atoms with Crippen LogP contribution >= 0.6 is 0 Å². The molecule has 0 radical (unpaired) electrons. The summed E-state index contributed by atoms with van der Waals surface area (Å²) < 4.78 is 1.78. The molecular formula is C19H26N4O. The van der Waals surface area contributed by atoms with E-state index >= 15 is 0 Å². The molecule has 1 aliphatic carbocycles. The van der Waals surface area contributed by atoms with Crippen LogP contribution in [0.4, 0.5) is 0 Å². The van der Waals surface area contributed by atoms with Crippen LogP contribution in [0.1, 0.15) is 51.4 Å². The first-order valence-corrected chi connectivity index (χ1v) is 9.38. The quantitative estimate of drug-likeness (QED) is 0.867. The summed E-state index contributed by atoms with van der Waals surface area (Å²) in [5.74, 6) is 0. The molecule has 0 aromatic carbocycles. The zero-order valence-electron chi connectivity index (χ0n) is 14.2. The van der Waals surface area contributed by atoms with Crippen LogP contribution in [0.25, 0.3) is 10.9 Å². The van der Waals surface area contributed by atoms with Gasteiger partial charge in [-0.15, -0.1) is 0 Å². The summed E-state index contributed by atoms with van der Waals surface area (Å²) in [5, 5.41) is 0.670. The Balaban J connectivity index is 1.49. The lowest BCUT2D eigenvalue weighted by atomic mass is 9.96. The van der Waals surface area contributed by atoms with E-state index in [9.17, 15) is 4.79 Å². The van der Waals surface area contributed by atoms with Gasteiger partial charge < -0.3 is 0 Å². The summed E-state index contributed by atoms with van der Waals surface area (Å²) in [5.41, 5.74) is 0.745.